The molecule has 0 atom stereocenters. The molecule has 2 aromatic rings. The molecule has 0 aliphatic carbocycles. The first kappa shape index (κ1) is 14.8. The van der Waals surface area contributed by atoms with Crippen molar-refractivity contribution < 1.29 is 23.7 Å². The van der Waals surface area contributed by atoms with Crippen molar-refractivity contribution >= 4 is 10.9 Å². The average Bonchev–Trinajstić information content (AvgIpc) is 2.54. The predicted molar refractivity (Wildman–Crippen MR) is 76.1 cm³/mol. The quantitative estimate of drug-likeness (QED) is 0.764. The van der Waals surface area contributed by atoms with Crippen molar-refractivity contribution in [1.82, 2.24) is 9.97 Å². The van der Waals surface area contributed by atoms with Crippen LogP contribution in [0.4, 0.5) is 0 Å². The Hall–Kier alpha value is -2.16. The minimum Gasteiger partial charge on any atom is -0.487 e. The molecule has 0 amide bonds. The molecule has 22 heavy (non-hydrogen) atoms. The maximum atomic E-state index is 11.8. The first-order chi connectivity index (χ1) is 10.8. The summed E-state index contributed by atoms with van der Waals surface area (Å²) in [4.78, 5) is 18.5. The summed E-state index contributed by atoms with van der Waals surface area (Å²) >= 11 is 0. The van der Waals surface area contributed by atoms with E-state index in [1.165, 1.54) is 6.33 Å². The third kappa shape index (κ3) is 3.53. The number of hydrogen-bond acceptors (Lipinski definition) is 7. The lowest BCUT2D eigenvalue weighted by Crippen LogP contribution is -2.11. The van der Waals surface area contributed by atoms with Crippen LogP contribution in [0.3, 0.4) is 0 Å². The molecule has 1 aliphatic rings. The molecule has 1 aliphatic heterocycles. The zero-order valence-electron chi connectivity index (χ0n) is 11.9. The summed E-state index contributed by atoms with van der Waals surface area (Å²) in [6.45, 7) is 1.63. The number of nitrogens with one attached hydrogen (secondary N) is 1. The molecule has 1 aromatic carbocycles. The topological polar surface area (TPSA) is 91.9 Å². The van der Waals surface area contributed by atoms with Gasteiger partial charge in [0.15, 0.2) is 11.5 Å². The fraction of sp³-hybridized carbons (Fsp3) is 0.429. The van der Waals surface area contributed by atoms with E-state index in [9.17, 15) is 4.79 Å². The second kappa shape index (κ2) is 7.21. The fourth-order valence-corrected chi connectivity index (χ4v) is 1.99. The molecule has 0 saturated heterocycles. The second-order valence-corrected chi connectivity index (χ2v) is 4.50. The van der Waals surface area contributed by atoms with E-state index in [-0.39, 0.29) is 19.1 Å². The maximum Gasteiger partial charge on any atom is 0.258 e. The van der Waals surface area contributed by atoms with E-state index < -0.39 is 0 Å². The van der Waals surface area contributed by atoms with Crippen molar-refractivity contribution in [1.29, 1.82) is 0 Å². The molecule has 8 heteroatoms. The fourth-order valence-electron chi connectivity index (χ4n) is 1.99. The smallest absolute Gasteiger partial charge is 0.258 e. The summed E-state index contributed by atoms with van der Waals surface area (Å²) < 4.78 is 26.8. The van der Waals surface area contributed by atoms with Gasteiger partial charge in [0.05, 0.1) is 30.4 Å². The zero-order chi connectivity index (χ0) is 15.2. The van der Waals surface area contributed by atoms with E-state index >= 15 is 0 Å². The van der Waals surface area contributed by atoms with Crippen LogP contribution in [0.1, 0.15) is 0 Å². The molecule has 0 saturated carbocycles. The molecular formula is C14H16N2O6. The number of benzene rings is 1. The number of rotatable bonds is 0. The first-order valence-corrected chi connectivity index (χ1v) is 6.85. The molecule has 1 aromatic heterocycles. The molecule has 0 radical (unpaired) electrons. The van der Waals surface area contributed by atoms with Crippen molar-refractivity contribution in [3.63, 3.8) is 0 Å². The second-order valence-electron chi connectivity index (χ2n) is 4.50. The van der Waals surface area contributed by atoms with Gasteiger partial charge in [-0.1, -0.05) is 0 Å². The van der Waals surface area contributed by atoms with Crippen LogP contribution in [0.5, 0.6) is 11.5 Å². The van der Waals surface area contributed by atoms with E-state index in [4.69, 9.17) is 23.7 Å². The van der Waals surface area contributed by atoms with Gasteiger partial charge in [-0.2, -0.15) is 0 Å². The molecular weight excluding hydrogens is 292 g/mol. The van der Waals surface area contributed by atoms with Gasteiger partial charge in [0, 0.05) is 6.07 Å². The molecule has 1 N–H and O–H groups in total. The monoisotopic (exact) mass is 308 g/mol. The lowest BCUT2D eigenvalue weighted by atomic mass is 10.2. The number of aromatic amines is 1. The Morgan fingerprint density at radius 3 is 2.32 bits per heavy atom. The Morgan fingerprint density at radius 2 is 1.59 bits per heavy atom. The summed E-state index contributed by atoms with van der Waals surface area (Å²) in [6, 6.07) is 3.30. The third-order valence-electron chi connectivity index (χ3n) is 3.01. The lowest BCUT2D eigenvalue weighted by molar-refractivity contribution is -0.134. The molecule has 8 nitrogen and oxygen atoms in total. The molecule has 0 spiro atoms. The average molecular weight is 308 g/mol. The van der Waals surface area contributed by atoms with E-state index in [2.05, 4.69) is 9.97 Å². The van der Waals surface area contributed by atoms with Crippen molar-refractivity contribution in [3.05, 3.63) is 28.8 Å². The highest BCUT2D eigenvalue weighted by Gasteiger charge is 2.11. The maximum absolute atomic E-state index is 11.8. The third-order valence-corrected chi connectivity index (χ3v) is 3.01. The van der Waals surface area contributed by atoms with Gasteiger partial charge in [-0.15, -0.1) is 0 Å². The van der Waals surface area contributed by atoms with E-state index in [1.54, 1.807) is 12.1 Å². The van der Waals surface area contributed by atoms with E-state index in [0.717, 1.165) is 0 Å². The molecule has 118 valence electrons. The predicted octanol–water partition coefficient (Wildman–Crippen LogP) is 0.659. The number of ether oxygens (including phenoxy) is 5. The largest absolute Gasteiger partial charge is 0.487 e. The van der Waals surface area contributed by atoms with Gasteiger partial charge in [-0.3, -0.25) is 4.79 Å². The highest BCUT2D eigenvalue weighted by Crippen LogP contribution is 2.30. The Kier molecular flexibility index (Phi) is 4.84. The highest BCUT2D eigenvalue weighted by atomic mass is 16.7. The number of hydrogen-bond donors (Lipinski definition) is 1. The Morgan fingerprint density at radius 1 is 0.909 bits per heavy atom. The van der Waals surface area contributed by atoms with Gasteiger partial charge in [0.25, 0.3) is 5.56 Å². The van der Waals surface area contributed by atoms with Crippen LogP contribution >= 0.6 is 0 Å². The molecule has 0 unspecified atom stereocenters. The summed E-state index contributed by atoms with van der Waals surface area (Å²) in [6.07, 6.45) is 1.35. The van der Waals surface area contributed by atoms with Gasteiger partial charge in [0.1, 0.15) is 26.8 Å². The lowest BCUT2D eigenvalue weighted by Gasteiger charge is -2.13. The summed E-state index contributed by atoms with van der Waals surface area (Å²) in [5, 5.41) is 0.440. The van der Waals surface area contributed by atoms with Crippen LogP contribution in [0.2, 0.25) is 0 Å². The SMILES string of the molecule is O=c1[nH]cnc2cc3c(cc12)OCCOCOCOCCO3. The van der Waals surface area contributed by atoms with E-state index in [1.807, 2.05) is 0 Å². The standard InChI is InChI=1S/C14H16N2O6/c17-14-10-5-12-13(6-11(10)15-7-16-14)22-4-2-19-9-20-8-18-1-3-21-12/h5-7H,1-4,8-9H2,(H,15,16,17). The number of aromatic nitrogens is 2. The minimum atomic E-state index is -0.229. The molecule has 0 bridgehead atoms. The summed E-state index contributed by atoms with van der Waals surface area (Å²) in [7, 11) is 0. The summed E-state index contributed by atoms with van der Waals surface area (Å²) in [5.41, 5.74) is 0.309. The van der Waals surface area contributed by atoms with Gasteiger partial charge < -0.3 is 28.7 Å². The van der Waals surface area contributed by atoms with Crippen molar-refractivity contribution in [2.24, 2.45) is 0 Å². The van der Waals surface area contributed by atoms with Gasteiger partial charge in [0.2, 0.25) is 0 Å². The minimum absolute atomic E-state index is 0.137. The number of H-pyrrole nitrogens is 1. The first-order valence-electron chi connectivity index (χ1n) is 6.85. The van der Waals surface area contributed by atoms with Gasteiger partial charge in [-0.25, -0.2) is 4.98 Å². The Bertz CT molecular complexity index is 687. The summed E-state index contributed by atoms with van der Waals surface area (Å²) in [5.74, 6) is 0.976. The van der Waals surface area contributed by atoms with Crippen LogP contribution in [-0.2, 0) is 14.2 Å². The van der Waals surface area contributed by atoms with Crippen molar-refractivity contribution in [2.75, 3.05) is 40.0 Å². The number of nitrogens with zero attached hydrogens (tertiary/aromatic N) is 1. The molecule has 3 rings (SSSR count). The van der Waals surface area contributed by atoms with Crippen LogP contribution in [0, 0.1) is 0 Å². The molecule has 2 heterocycles. The Balaban J connectivity index is 1.89. The van der Waals surface area contributed by atoms with Crippen LogP contribution in [0.15, 0.2) is 23.3 Å². The van der Waals surface area contributed by atoms with Crippen molar-refractivity contribution in [3.8, 4) is 11.5 Å². The van der Waals surface area contributed by atoms with Crippen LogP contribution in [-0.4, -0.2) is 50.0 Å². The highest BCUT2D eigenvalue weighted by molar-refractivity contribution is 5.81. The van der Waals surface area contributed by atoms with Gasteiger partial charge >= 0.3 is 0 Å². The van der Waals surface area contributed by atoms with Gasteiger partial charge in [-0.05, 0) is 6.07 Å². The van der Waals surface area contributed by atoms with Crippen LogP contribution in [0.25, 0.3) is 10.9 Å². The zero-order valence-corrected chi connectivity index (χ0v) is 11.9. The Labute approximate surface area is 125 Å². The normalized spacial score (nSPS) is 17.3. The number of fused-ring (bicyclic) bond motifs is 2. The van der Waals surface area contributed by atoms with E-state index in [0.29, 0.717) is 48.8 Å². The van der Waals surface area contributed by atoms with Crippen LogP contribution < -0.4 is 15.0 Å². The van der Waals surface area contributed by atoms with Crippen molar-refractivity contribution in [2.45, 2.75) is 0 Å². The molecule has 0 fully saturated rings.